The topological polar surface area (TPSA) is 77.2 Å². The van der Waals surface area contributed by atoms with Gasteiger partial charge in [0.05, 0.1) is 11.8 Å². The Kier molecular flexibility index (Phi) is 5.64. The van der Waals surface area contributed by atoms with Crippen molar-refractivity contribution in [1.82, 2.24) is 0 Å². The zero-order chi connectivity index (χ0) is 14.6. The fraction of sp³-hybridized carbons (Fsp3) is 0.417. The Balaban J connectivity index is 2.66. The van der Waals surface area contributed by atoms with Gasteiger partial charge in [0.1, 0.15) is 15.7 Å². The van der Waals surface area contributed by atoms with Crippen LogP contribution < -0.4 is 5.73 Å². The van der Waals surface area contributed by atoms with Crippen LogP contribution in [0.2, 0.25) is 0 Å². The second-order valence-corrected chi connectivity index (χ2v) is 7.58. The van der Waals surface area contributed by atoms with E-state index in [-0.39, 0.29) is 29.9 Å². The van der Waals surface area contributed by atoms with Crippen molar-refractivity contribution in [2.24, 2.45) is 5.73 Å². The van der Waals surface area contributed by atoms with Crippen molar-refractivity contribution in [3.63, 3.8) is 0 Å². The third-order valence-electron chi connectivity index (χ3n) is 2.59. The van der Waals surface area contributed by atoms with Crippen LogP contribution in [0.1, 0.15) is 12.0 Å². The van der Waals surface area contributed by atoms with Crippen LogP contribution in [0.15, 0.2) is 22.7 Å². The van der Waals surface area contributed by atoms with Crippen LogP contribution in [0.25, 0.3) is 0 Å². The molecule has 0 radical (unpaired) electrons. The highest BCUT2D eigenvalue weighted by atomic mass is 79.9. The van der Waals surface area contributed by atoms with E-state index >= 15 is 0 Å². The molecule has 2 N–H and O–H groups in total. The molecular weight excluding hydrogens is 337 g/mol. The van der Waals surface area contributed by atoms with Crippen LogP contribution in [-0.2, 0) is 21.1 Å². The van der Waals surface area contributed by atoms with E-state index in [9.17, 15) is 17.6 Å². The van der Waals surface area contributed by atoms with E-state index in [2.05, 4.69) is 15.9 Å². The van der Waals surface area contributed by atoms with Gasteiger partial charge in [0.25, 0.3) is 0 Å². The van der Waals surface area contributed by atoms with E-state index in [0.717, 1.165) is 6.26 Å². The third-order valence-corrected chi connectivity index (χ3v) is 4.06. The Bertz CT molecular complexity index is 574. The predicted octanol–water partition coefficient (Wildman–Crippen LogP) is 1.46. The molecule has 0 saturated carbocycles. The van der Waals surface area contributed by atoms with Crippen LogP contribution in [0, 0.1) is 5.82 Å². The van der Waals surface area contributed by atoms with E-state index in [4.69, 9.17) is 5.73 Å². The average molecular weight is 352 g/mol. The second kappa shape index (κ2) is 6.58. The van der Waals surface area contributed by atoms with Crippen molar-refractivity contribution in [3.05, 3.63) is 34.1 Å². The normalized spacial score (nSPS) is 13.3. The number of carbonyl (C=O) groups is 1. The Morgan fingerprint density at radius 1 is 1.47 bits per heavy atom. The molecule has 1 aromatic rings. The number of sulfone groups is 1. The molecule has 0 fully saturated rings. The van der Waals surface area contributed by atoms with Gasteiger partial charge in [0.15, 0.2) is 5.78 Å². The van der Waals surface area contributed by atoms with Gasteiger partial charge in [-0.3, -0.25) is 4.79 Å². The van der Waals surface area contributed by atoms with Gasteiger partial charge < -0.3 is 5.73 Å². The first-order valence-corrected chi connectivity index (χ1v) is 8.44. The first-order valence-electron chi connectivity index (χ1n) is 5.59. The molecule has 0 amide bonds. The highest BCUT2D eigenvalue weighted by Gasteiger charge is 2.18. The molecule has 1 rings (SSSR count). The fourth-order valence-electron chi connectivity index (χ4n) is 1.50. The summed E-state index contributed by atoms with van der Waals surface area (Å²) in [5.74, 6) is -1.01. The number of ketones is 1. The van der Waals surface area contributed by atoms with E-state index in [0.29, 0.717) is 4.47 Å². The van der Waals surface area contributed by atoms with E-state index in [1.54, 1.807) is 0 Å². The Labute approximate surface area is 120 Å². The van der Waals surface area contributed by atoms with Crippen molar-refractivity contribution in [2.45, 2.75) is 18.9 Å². The number of rotatable bonds is 6. The summed E-state index contributed by atoms with van der Waals surface area (Å²) in [6, 6.07) is 3.41. The predicted molar refractivity (Wildman–Crippen MR) is 75.1 cm³/mol. The highest BCUT2D eigenvalue weighted by molar-refractivity contribution is 9.10. The molecule has 7 heteroatoms. The summed E-state index contributed by atoms with van der Waals surface area (Å²) in [6.45, 7) is 0. The standard InChI is InChI=1S/C12H15BrFNO3S/c1-19(17,18)5-4-11(15)12(16)7-8-6-9(13)2-3-10(8)14/h2-3,6,11H,4-5,7,15H2,1H3. The van der Waals surface area contributed by atoms with Crippen molar-refractivity contribution in [1.29, 1.82) is 0 Å². The minimum absolute atomic E-state index is 0.0489. The van der Waals surface area contributed by atoms with Gasteiger partial charge in [-0.05, 0) is 30.2 Å². The second-order valence-electron chi connectivity index (χ2n) is 4.40. The van der Waals surface area contributed by atoms with Crippen LogP contribution in [0.5, 0.6) is 0 Å². The van der Waals surface area contributed by atoms with Crippen LogP contribution >= 0.6 is 15.9 Å². The molecule has 0 bridgehead atoms. The first-order chi connectivity index (χ1) is 8.69. The van der Waals surface area contributed by atoms with Crippen molar-refractivity contribution < 1.29 is 17.6 Å². The number of Topliss-reactive ketones (excluding diaryl/α,β-unsaturated/α-hetero) is 1. The Morgan fingerprint density at radius 2 is 2.11 bits per heavy atom. The lowest BCUT2D eigenvalue weighted by atomic mass is 10.0. The molecule has 0 aliphatic carbocycles. The van der Waals surface area contributed by atoms with E-state index in [1.165, 1.54) is 18.2 Å². The summed E-state index contributed by atoms with van der Waals surface area (Å²) in [4.78, 5) is 11.8. The molecule has 0 saturated heterocycles. The average Bonchev–Trinajstić information content (AvgIpc) is 2.29. The maximum absolute atomic E-state index is 13.5. The summed E-state index contributed by atoms with van der Waals surface area (Å²) in [6.07, 6.45) is 0.988. The smallest absolute Gasteiger partial charge is 0.154 e. The molecular formula is C12H15BrFNO3S. The van der Waals surface area contributed by atoms with Gasteiger partial charge in [0, 0.05) is 17.1 Å². The van der Waals surface area contributed by atoms with Gasteiger partial charge in [-0.25, -0.2) is 12.8 Å². The summed E-state index contributed by atoms with van der Waals surface area (Å²) in [5, 5.41) is 0. The van der Waals surface area contributed by atoms with E-state index in [1.807, 2.05) is 0 Å². The van der Waals surface area contributed by atoms with Crippen LogP contribution in [-0.4, -0.2) is 32.3 Å². The monoisotopic (exact) mass is 351 g/mol. The maximum Gasteiger partial charge on any atom is 0.154 e. The minimum Gasteiger partial charge on any atom is -0.321 e. The molecule has 19 heavy (non-hydrogen) atoms. The molecule has 4 nitrogen and oxygen atoms in total. The fourth-order valence-corrected chi connectivity index (χ4v) is 2.59. The van der Waals surface area contributed by atoms with E-state index < -0.39 is 21.7 Å². The number of benzene rings is 1. The minimum atomic E-state index is -3.15. The zero-order valence-electron chi connectivity index (χ0n) is 10.4. The van der Waals surface area contributed by atoms with Gasteiger partial charge >= 0.3 is 0 Å². The maximum atomic E-state index is 13.5. The molecule has 0 spiro atoms. The lowest BCUT2D eigenvalue weighted by Gasteiger charge is -2.10. The molecule has 0 aliphatic heterocycles. The zero-order valence-corrected chi connectivity index (χ0v) is 12.8. The van der Waals surface area contributed by atoms with Crippen molar-refractivity contribution >= 4 is 31.6 Å². The summed E-state index contributed by atoms with van der Waals surface area (Å²) in [7, 11) is -3.15. The van der Waals surface area contributed by atoms with Gasteiger partial charge in [-0.2, -0.15) is 0 Å². The molecule has 0 aromatic heterocycles. The molecule has 1 atom stereocenters. The molecule has 1 unspecified atom stereocenters. The first kappa shape index (κ1) is 16.3. The summed E-state index contributed by atoms with van der Waals surface area (Å²) < 4.78 is 36.1. The number of halogens is 2. The molecule has 0 aliphatic rings. The van der Waals surface area contributed by atoms with Gasteiger partial charge in [-0.1, -0.05) is 15.9 Å². The quantitative estimate of drug-likeness (QED) is 0.841. The highest BCUT2D eigenvalue weighted by Crippen LogP contribution is 2.16. The lowest BCUT2D eigenvalue weighted by molar-refractivity contribution is -0.119. The van der Waals surface area contributed by atoms with Crippen molar-refractivity contribution in [3.8, 4) is 0 Å². The molecule has 1 aromatic carbocycles. The summed E-state index contributed by atoms with van der Waals surface area (Å²) in [5.41, 5.74) is 5.86. The Morgan fingerprint density at radius 3 is 2.68 bits per heavy atom. The molecule has 0 heterocycles. The number of nitrogens with two attached hydrogens (primary N) is 1. The Hall–Kier alpha value is -0.790. The van der Waals surface area contributed by atoms with Crippen LogP contribution in [0.3, 0.4) is 0 Å². The lowest BCUT2D eigenvalue weighted by Crippen LogP contribution is -2.33. The largest absolute Gasteiger partial charge is 0.321 e. The number of hydrogen-bond acceptors (Lipinski definition) is 4. The number of hydrogen-bond donors (Lipinski definition) is 1. The van der Waals surface area contributed by atoms with Gasteiger partial charge in [-0.15, -0.1) is 0 Å². The summed E-state index contributed by atoms with van der Waals surface area (Å²) >= 11 is 3.19. The SMILES string of the molecule is CS(=O)(=O)CCC(N)C(=O)Cc1cc(Br)ccc1F. The van der Waals surface area contributed by atoms with Crippen LogP contribution in [0.4, 0.5) is 4.39 Å². The molecule has 106 valence electrons. The van der Waals surface area contributed by atoms with Gasteiger partial charge in [0.2, 0.25) is 0 Å². The number of carbonyl (C=O) groups excluding carboxylic acids is 1. The van der Waals surface area contributed by atoms with Crippen molar-refractivity contribution in [2.75, 3.05) is 12.0 Å². The third kappa shape index (κ3) is 5.80.